The van der Waals surface area contributed by atoms with Crippen molar-refractivity contribution in [2.45, 2.75) is 13.8 Å². The quantitative estimate of drug-likeness (QED) is 0.903. The van der Waals surface area contributed by atoms with Crippen LogP contribution in [-0.4, -0.2) is 22.0 Å². The maximum Gasteiger partial charge on any atom is 0.346 e. The molecule has 0 saturated heterocycles. The highest BCUT2D eigenvalue weighted by Crippen LogP contribution is 2.26. The van der Waals surface area contributed by atoms with Crippen LogP contribution in [0.3, 0.4) is 0 Å². The van der Waals surface area contributed by atoms with Gasteiger partial charge in [-0.15, -0.1) is 11.3 Å². The number of aromatic nitrogens is 1. The van der Waals surface area contributed by atoms with Gasteiger partial charge in [0.25, 0.3) is 5.91 Å². The SMILES string of the molecule is Cc1cccc(C(=O)Nc2cc(C)c(C(=O)O)s2)n1. The number of pyridine rings is 1. The van der Waals surface area contributed by atoms with Crippen LogP contribution in [0.5, 0.6) is 0 Å². The van der Waals surface area contributed by atoms with Crippen LogP contribution in [0.2, 0.25) is 0 Å². The van der Waals surface area contributed by atoms with Crippen LogP contribution in [0.25, 0.3) is 0 Å². The number of aromatic carboxylic acids is 1. The van der Waals surface area contributed by atoms with E-state index in [1.165, 1.54) is 0 Å². The summed E-state index contributed by atoms with van der Waals surface area (Å²) in [4.78, 5) is 27.2. The normalized spacial score (nSPS) is 10.2. The summed E-state index contributed by atoms with van der Waals surface area (Å²) in [6, 6.07) is 6.80. The van der Waals surface area contributed by atoms with Gasteiger partial charge >= 0.3 is 5.97 Å². The average molecular weight is 276 g/mol. The van der Waals surface area contributed by atoms with Gasteiger partial charge in [-0.3, -0.25) is 4.79 Å². The molecule has 2 rings (SSSR count). The molecule has 0 aliphatic rings. The van der Waals surface area contributed by atoms with Gasteiger partial charge in [-0.05, 0) is 37.6 Å². The Kier molecular flexibility index (Phi) is 3.62. The van der Waals surface area contributed by atoms with Crippen molar-refractivity contribution >= 4 is 28.2 Å². The van der Waals surface area contributed by atoms with Crippen LogP contribution in [0.15, 0.2) is 24.3 Å². The highest BCUT2D eigenvalue weighted by atomic mass is 32.1. The summed E-state index contributed by atoms with van der Waals surface area (Å²) in [5.41, 5.74) is 1.69. The minimum Gasteiger partial charge on any atom is -0.477 e. The standard InChI is InChI=1S/C13H12N2O3S/c1-7-6-10(19-11(7)13(17)18)15-12(16)9-5-3-4-8(2)14-9/h3-6H,1-2H3,(H,15,16)(H,17,18). The second kappa shape index (κ2) is 5.19. The molecular weight excluding hydrogens is 264 g/mol. The van der Waals surface area contributed by atoms with E-state index in [1.807, 2.05) is 0 Å². The zero-order valence-electron chi connectivity index (χ0n) is 10.4. The Morgan fingerprint density at radius 3 is 2.63 bits per heavy atom. The van der Waals surface area contributed by atoms with Crippen molar-refractivity contribution in [2.24, 2.45) is 0 Å². The van der Waals surface area contributed by atoms with E-state index >= 15 is 0 Å². The van der Waals surface area contributed by atoms with E-state index in [2.05, 4.69) is 10.3 Å². The Balaban J connectivity index is 2.20. The molecule has 0 radical (unpaired) electrons. The number of carboxylic acids is 1. The fourth-order valence-electron chi connectivity index (χ4n) is 1.60. The number of carbonyl (C=O) groups excluding carboxylic acids is 1. The second-order valence-corrected chi connectivity index (χ2v) is 5.10. The maximum absolute atomic E-state index is 11.9. The first-order chi connectivity index (χ1) is 8.97. The summed E-state index contributed by atoms with van der Waals surface area (Å²) in [5, 5.41) is 12.1. The van der Waals surface area contributed by atoms with Crippen LogP contribution >= 0.6 is 11.3 Å². The molecule has 5 nitrogen and oxygen atoms in total. The molecule has 6 heteroatoms. The molecule has 0 aliphatic carbocycles. The summed E-state index contributed by atoms with van der Waals surface area (Å²) in [5.74, 6) is -1.33. The molecule has 19 heavy (non-hydrogen) atoms. The number of nitrogens with one attached hydrogen (secondary N) is 1. The Morgan fingerprint density at radius 1 is 1.32 bits per heavy atom. The molecule has 0 saturated carbocycles. The topological polar surface area (TPSA) is 79.3 Å². The first-order valence-corrected chi connectivity index (χ1v) is 6.38. The van der Waals surface area contributed by atoms with Crippen molar-refractivity contribution in [3.05, 3.63) is 46.1 Å². The fraction of sp³-hybridized carbons (Fsp3) is 0.154. The molecule has 0 atom stereocenters. The van der Waals surface area contributed by atoms with Gasteiger partial charge in [0.15, 0.2) is 0 Å². The van der Waals surface area contributed by atoms with Crippen molar-refractivity contribution < 1.29 is 14.7 Å². The molecule has 2 N–H and O–H groups in total. The Morgan fingerprint density at radius 2 is 2.05 bits per heavy atom. The molecule has 0 spiro atoms. The first-order valence-electron chi connectivity index (χ1n) is 5.56. The number of hydrogen-bond acceptors (Lipinski definition) is 4. The molecule has 98 valence electrons. The van der Waals surface area contributed by atoms with Crippen LogP contribution < -0.4 is 5.32 Å². The minimum absolute atomic E-state index is 0.229. The number of hydrogen-bond donors (Lipinski definition) is 2. The highest BCUT2D eigenvalue weighted by Gasteiger charge is 2.14. The first kappa shape index (κ1) is 13.2. The monoisotopic (exact) mass is 276 g/mol. The van der Waals surface area contributed by atoms with E-state index in [0.717, 1.165) is 17.0 Å². The van der Waals surface area contributed by atoms with Crippen LogP contribution in [0.1, 0.15) is 31.4 Å². The fourth-order valence-corrected chi connectivity index (χ4v) is 2.51. The van der Waals surface area contributed by atoms with Crippen LogP contribution in [-0.2, 0) is 0 Å². The van der Waals surface area contributed by atoms with Gasteiger partial charge in [-0.25, -0.2) is 9.78 Å². The van der Waals surface area contributed by atoms with Gasteiger partial charge in [0.2, 0.25) is 0 Å². The summed E-state index contributed by atoms with van der Waals surface area (Å²) in [6.45, 7) is 3.50. The van der Waals surface area contributed by atoms with Crippen LogP contribution in [0.4, 0.5) is 5.00 Å². The summed E-state index contributed by atoms with van der Waals surface area (Å²) in [7, 11) is 0. The van der Waals surface area contributed by atoms with E-state index < -0.39 is 5.97 Å². The average Bonchev–Trinajstić information content (AvgIpc) is 2.70. The van der Waals surface area contributed by atoms with E-state index in [1.54, 1.807) is 38.1 Å². The van der Waals surface area contributed by atoms with Gasteiger partial charge in [0.05, 0.1) is 5.00 Å². The predicted molar refractivity (Wildman–Crippen MR) is 72.9 cm³/mol. The molecule has 2 aromatic heterocycles. The van der Waals surface area contributed by atoms with Crippen molar-refractivity contribution in [3.63, 3.8) is 0 Å². The van der Waals surface area contributed by atoms with Gasteiger partial charge < -0.3 is 10.4 Å². The number of amides is 1. The van der Waals surface area contributed by atoms with Crippen LogP contribution in [0, 0.1) is 13.8 Å². The number of carboxylic acid groups (broad SMARTS) is 1. The van der Waals surface area contributed by atoms with Crippen molar-refractivity contribution in [1.29, 1.82) is 0 Å². The maximum atomic E-state index is 11.9. The van der Waals surface area contributed by atoms with Gasteiger partial charge in [-0.1, -0.05) is 6.07 Å². The molecule has 0 unspecified atom stereocenters. The lowest BCUT2D eigenvalue weighted by molar-refractivity contribution is 0.0701. The Hall–Kier alpha value is -2.21. The lowest BCUT2D eigenvalue weighted by atomic mass is 10.3. The summed E-state index contributed by atoms with van der Waals surface area (Å²) in [6.07, 6.45) is 0. The van der Waals surface area contributed by atoms with E-state index in [-0.39, 0.29) is 10.8 Å². The Bertz CT molecular complexity index is 649. The predicted octanol–water partition coefficient (Wildman–Crippen LogP) is 2.71. The number of thiophene rings is 1. The highest BCUT2D eigenvalue weighted by molar-refractivity contribution is 7.18. The third kappa shape index (κ3) is 2.97. The molecule has 0 aromatic carbocycles. The molecular formula is C13H12N2O3S. The molecule has 0 fully saturated rings. The van der Waals surface area contributed by atoms with E-state index in [4.69, 9.17) is 5.11 Å². The zero-order chi connectivity index (χ0) is 14.0. The van der Waals surface area contributed by atoms with Gasteiger partial charge in [0.1, 0.15) is 10.6 Å². The second-order valence-electron chi connectivity index (χ2n) is 4.05. The number of nitrogens with zero attached hydrogens (tertiary/aromatic N) is 1. The molecule has 0 aliphatic heterocycles. The smallest absolute Gasteiger partial charge is 0.346 e. The third-order valence-electron chi connectivity index (χ3n) is 2.47. The van der Waals surface area contributed by atoms with Gasteiger partial charge in [-0.2, -0.15) is 0 Å². The summed E-state index contributed by atoms with van der Waals surface area (Å²) < 4.78 is 0. The summed E-state index contributed by atoms with van der Waals surface area (Å²) >= 11 is 1.04. The third-order valence-corrected chi connectivity index (χ3v) is 3.61. The number of aryl methyl sites for hydroxylation is 2. The van der Waals surface area contributed by atoms with Crippen molar-refractivity contribution in [1.82, 2.24) is 4.98 Å². The zero-order valence-corrected chi connectivity index (χ0v) is 11.2. The largest absolute Gasteiger partial charge is 0.477 e. The van der Waals surface area contributed by atoms with E-state index in [9.17, 15) is 9.59 Å². The number of rotatable bonds is 3. The van der Waals surface area contributed by atoms with Crippen molar-refractivity contribution in [3.8, 4) is 0 Å². The molecule has 1 amide bonds. The lowest BCUT2D eigenvalue weighted by Crippen LogP contribution is -2.13. The molecule has 2 aromatic rings. The number of carbonyl (C=O) groups is 2. The van der Waals surface area contributed by atoms with Crippen molar-refractivity contribution in [2.75, 3.05) is 5.32 Å². The lowest BCUT2D eigenvalue weighted by Gasteiger charge is -2.02. The minimum atomic E-state index is -0.989. The number of anilines is 1. The van der Waals surface area contributed by atoms with Gasteiger partial charge in [0, 0.05) is 5.69 Å². The molecule has 0 bridgehead atoms. The van der Waals surface area contributed by atoms with E-state index in [0.29, 0.717) is 16.3 Å². The Labute approximate surface area is 113 Å². The molecule has 2 heterocycles.